The van der Waals surface area contributed by atoms with Crippen molar-refractivity contribution in [3.63, 3.8) is 0 Å². The zero-order valence-corrected chi connectivity index (χ0v) is 17.2. The minimum absolute atomic E-state index is 0.122. The van der Waals surface area contributed by atoms with Crippen LogP contribution < -0.4 is 10.2 Å². The highest BCUT2D eigenvalue weighted by Crippen LogP contribution is 2.36. The zero-order valence-electron chi connectivity index (χ0n) is 17.2. The Kier molecular flexibility index (Phi) is 6.18. The van der Waals surface area contributed by atoms with Crippen molar-refractivity contribution < 1.29 is 4.79 Å². The second-order valence-corrected chi connectivity index (χ2v) is 8.54. The number of anilines is 2. The largest absolute Gasteiger partial charge is 0.370 e. The van der Waals surface area contributed by atoms with E-state index in [0.29, 0.717) is 12.3 Å². The summed E-state index contributed by atoms with van der Waals surface area (Å²) in [6, 6.07) is 4.30. The fourth-order valence-corrected chi connectivity index (χ4v) is 4.70. The molecule has 0 unspecified atom stereocenters. The van der Waals surface area contributed by atoms with Gasteiger partial charge in [0.25, 0.3) is 0 Å². The van der Waals surface area contributed by atoms with Crippen molar-refractivity contribution in [2.24, 2.45) is 0 Å². The molecule has 2 heterocycles. The molecule has 2 aliphatic rings. The molecule has 5 nitrogen and oxygen atoms in total. The number of aromatic nitrogens is 2. The van der Waals surface area contributed by atoms with Crippen LogP contribution in [-0.4, -0.2) is 29.0 Å². The molecule has 2 aromatic rings. The van der Waals surface area contributed by atoms with Crippen LogP contribution in [-0.2, 0) is 4.79 Å². The third-order valence-corrected chi connectivity index (χ3v) is 6.34. The zero-order chi connectivity index (χ0) is 19.3. The van der Waals surface area contributed by atoms with Gasteiger partial charge < -0.3 is 15.2 Å². The van der Waals surface area contributed by atoms with Crippen molar-refractivity contribution >= 4 is 28.3 Å². The number of unbranched alkanes of at least 4 members (excludes halogenated alkanes) is 2. The number of carbonyl (C=O) groups excluding carboxylic acids is 1. The van der Waals surface area contributed by atoms with E-state index >= 15 is 0 Å². The van der Waals surface area contributed by atoms with Crippen LogP contribution in [0, 0.1) is 0 Å². The lowest BCUT2D eigenvalue weighted by molar-refractivity contribution is -0.116. The number of H-pyrrole nitrogens is 1. The summed E-state index contributed by atoms with van der Waals surface area (Å²) in [6.45, 7) is 4.29. The molecule has 152 valence electrons. The molecule has 4 rings (SSSR count). The van der Waals surface area contributed by atoms with Crippen LogP contribution in [0.1, 0.15) is 89.3 Å². The number of imidazole rings is 1. The molecular formula is C23H34N4O. The lowest BCUT2D eigenvalue weighted by atomic mass is 9.89. The topological polar surface area (TPSA) is 61.0 Å². The number of amides is 1. The van der Waals surface area contributed by atoms with E-state index in [-0.39, 0.29) is 5.91 Å². The summed E-state index contributed by atoms with van der Waals surface area (Å²) in [5, 5.41) is 3.19. The number of rotatable bonds is 7. The third kappa shape index (κ3) is 4.34. The maximum absolute atomic E-state index is 12.5. The first-order valence-electron chi connectivity index (χ1n) is 11.3. The summed E-state index contributed by atoms with van der Waals surface area (Å²) in [4.78, 5) is 23.4. The summed E-state index contributed by atoms with van der Waals surface area (Å²) in [6.07, 6.45) is 12.7. The Balaban J connectivity index is 1.61. The third-order valence-electron chi connectivity index (χ3n) is 6.34. The van der Waals surface area contributed by atoms with Gasteiger partial charge in [-0.05, 0) is 44.2 Å². The highest BCUT2D eigenvalue weighted by molar-refractivity contribution is 5.98. The quantitative estimate of drug-likeness (QED) is 0.601. The summed E-state index contributed by atoms with van der Waals surface area (Å²) in [7, 11) is 0. The van der Waals surface area contributed by atoms with E-state index in [2.05, 4.69) is 34.3 Å². The standard InChI is InChI=1S/C23H34N4O/c1-2-3-5-12-22(28)24-20-15-18-19(16-21(20)27-13-8-9-14-27)26-23(25-18)17-10-6-4-7-11-17/h15-17H,2-14H2,1H3,(H,24,28)(H,25,26). The van der Waals surface area contributed by atoms with E-state index in [1.807, 2.05) is 0 Å². The number of benzene rings is 1. The minimum Gasteiger partial charge on any atom is -0.370 e. The summed E-state index contributed by atoms with van der Waals surface area (Å²) in [5.74, 6) is 1.81. The Morgan fingerprint density at radius 3 is 2.68 bits per heavy atom. The molecule has 0 atom stereocenters. The van der Waals surface area contributed by atoms with Gasteiger partial charge in [0.2, 0.25) is 5.91 Å². The predicted octanol–water partition coefficient (Wildman–Crippen LogP) is 5.73. The Bertz CT molecular complexity index is 800. The number of nitrogens with one attached hydrogen (secondary N) is 2. The van der Waals surface area contributed by atoms with Gasteiger partial charge in [-0.3, -0.25) is 4.79 Å². The molecule has 0 bridgehead atoms. The molecular weight excluding hydrogens is 348 g/mol. The monoisotopic (exact) mass is 382 g/mol. The second kappa shape index (κ2) is 8.97. The molecule has 2 N–H and O–H groups in total. The van der Waals surface area contributed by atoms with Crippen molar-refractivity contribution in [1.82, 2.24) is 9.97 Å². The fourth-order valence-electron chi connectivity index (χ4n) is 4.70. The molecule has 1 aromatic carbocycles. The van der Waals surface area contributed by atoms with Gasteiger partial charge >= 0.3 is 0 Å². The molecule has 0 radical (unpaired) electrons. The van der Waals surface area contributed by atoms with Crippen LogP contribution in [0.25, 0.3) is 11.0 Å². The summed E-state index contributed by atoms with van der Waals surface area (Å²) in [5.41, 5.74) is 4.16. The van der Waals surface area contributed by atoms with E-state index in [1.165, 1.54) is 44.9 Å². The van der Waals surface area contributed by atoms with Gasteiger partial charge in [-0.15, -0.1) is 0 Å². The van der Waals surface area contributed by atoms with E-state index in [1.54, 1.807) is 0 Å². The smallest absolute Gasteiger partial charge is 0.224 e. The van der Waals surface area contributed by atoms with Crippen molar-refractivity contribution in [2.45, 2.75) is 83.5 Å². The van der Waals surface area contributed by atoms with Gasteiger partial charge in [0.05, 0.1) is 22.4 Å². The number of fused-ring (bicyclic) bond motifs is 1. The first-order chi connectivity index (χ1) is 13.7. The van der Waals surface area contributed by atoms with Crippen molar-refractivity contribution in [2.75, 3.05) is 23.3 Å². The van der Waals surface area contributed by atoms with Crippen LogP contribution in [0.4, 0.5) is 11.4 Å². The normalized spacial score (nSPS) is 18.1. The predicted molar refractivity (Wildman–Crippen MR) is 116 cm³/mol. The average molecular weight is 383 g/mol. The first kappa shape index (κ1) is 19.3. The van der Waals surface area contributed by atoms with Gasteiger partial charge in [0.15, 0.2) is 0 Å². The molecule has 1 aliphatic heterocycles. The number of nitrogens with zero attached hydrogens (tertiary/aromatic N) is 2. The maximum atomic E-state index is 12.5. The molecule has 1 aromatic heterocycles. The molecule has 1 saturated heterocycles. The molecule has 1 aliphatic carbocycles. The molecule has 2 fully saturated rings. The highest BCUT2D eigenvalue weighted by Gasteiger charge is 2.22. The van der Waals surface area contributed by atoms with E-state index < -0.39 is 0 Å². The lowest BCUT2D eigenvalue weighted by Crippen LogP contribution is -2.21. The van der Waals surface area contributed by atoms with E-state index in [9.17, 15) is 4.79 Å². The summed E-state index contributed by atoms with van der Waals surface area (Å²) >= 11 is 0. The first-order valence-corrected chi connectivity index (χ1v) is 11.3. The van der Waals surface area contributed by atoms with Crippen molar-refractivity contribution in [3.05, 3.63) is 18.0 Å². The van der Waals surface area contributed by atoms with Crippen LogP contribution in [0.5, 0.6) is 0 Å². The minimum atomic E-state index is 0.122. The Morgan fingerprint density at radius 1 is 1.14 bits per heavy atom. The van der Waals surface area contributed by atoms with Crippen LogP contribution in [0.15, 0.2) is 12.1 Å². The van der Waals surface area contributed by atoms with Gasteiger partial charge in [-0.2, -0.15) is 0 Å². The Labute approximate surface area is 168 Å². The number of hydrogen-bond acceptors (Lipinski definition) is 3. The average Bonchev–Trinajstić information content (AvgIpc) is 3.38. The number of hydrogen-bond donors (Lipinski definition) is 2. The molecule has 1 amide bonds. The highest BCUT2D eigenvalue weighted by atomic mass is 16.1. The van der Waals surface area contributed by atoms with Crippen LogP contribution in [0.3, 0.4) is 0 Å². The van der Waals surface area contributed by atoms with Gasteiger partial charge in [0, 0.05) is 25.4 Å². The lowest BCUT2D eigenvalue weighted by Gasteiger charge is -2.21. The number of aromatic amines is 1. The van der Waals surface area contributed by atoms with E-state index in [0.717, 1.165) is 60.6 Å². The molecule has 28 heavy (non-hydrogen) atoms. The van der Waals surface area contributed by atoms with Gasteiger partial charge in [-0.25, -0.2) is 4.98 Å². The van der Waals surface area contributed by atoms with E-state index in [4.69, 9.17) is 4.98 Å². The maximum Gasteiger partial charge on any atom is 0.224 e. The number of carbonyl (C=O) groups is 1. The second-order valence-electron chi connectivity index (χ2n) is 8.54. The van der Waals surface area contributed by atoms with Crippen LogP contribution in [0.2, 0.25) is 0 Å². The molecule has 0 spiro atoms. The molecule has 1 saturated carbocycles. The van der Waals surface area contributed by atoms with Gasteiger partial charge in [-0.1, -0.05) is 39.0 Å². The fraction of sp³-hybridized carbons (Fsp3) is 0.652. The van der Waals surface area contributed by atoms with Crippen molar-refractivity contribution in [1.29, 1.82) is 0 Å². The Morgan fingerprint density at radius 2 is 1.93 bits per heavy atom. The SMILES string of the molecule is CCCCCC(=O)Nc1cc2nc(C3CCCCC3)[nH]c2cc1N1CCCC1. The van der Waals surface area contributed by atoms with Crippen LogP contribution >= 0.6 is 0 Å². The molecule has 5 heteroatoms. The Hall–Kier alpha value is -2.04. The van der Waals surface area contributed by atoms with Gasteiger partial charge in [0.1, 0.15) is 5.82 Å². The summed E-state index contributed by atoms with van der Waals surface area (Å²) < 4.78 is 0. The van der Waals surface area contributed by atoms with Crippen molar-refractivity contribution in [3.8, 4) is 0 Å².